The summed E-state index contributed by atoms with van der Waals surface area (Å²) in [4.78, 5) is 0. The molecule has 0 aromatic rings. The van der Waals surface area contributed by atoms with Gasteiger partial charge in [-0.1, -0.05) is 13.8 Å². The fourth-order valence-corrected chi connectivity index (χ4v) is 2.16. The van der Waals surface area contributed by atoms with Gasteiger partial charge in [0, 0.05) is 0 Å². The Kier molecular flexibility index (Phi) is 4.38. The third-order valence-corrected chi connectivity index (χ3v) is 4.87. The molecule has 0 fully saturated rings. The van der Waals surface area contributed by atoms with Gasteiger partial charge in [-0.25, -0.2) is 0 Å². The molecule has 0 aromatic carbocycles. The van der Waals surface area contributed by atoms with E-state index in [9.17, 15) is 17.5 Å². The minimum Gasteiger partial charge on any atom is -0.771 e. The molecule has 4 nitrogen and oxygen atoms in total. The Balaban J connectivity index is 4.76. The van der Waals surface area contributed by atoms with E-state index in [2.05, 4.69) is 0 Å². The average molecular weight is 198 g/mol. The molecule has 0 radical (unpaired) electrons. The lowest BCUT2D eigenvalue weighted by Gasteiger charge is -2.35. The minimum absolute atomic E-state index is 0.0930. The summed E-state index contributed by atoms with van der Waals surface area (Å²) in [6, 6.07) is 0. The average Bonchev–Trinajstić information content (AvgIpc) is 1.90. The molecule has 11 heavy (non-hydrogen) atoms. The summed E-state index contributed by atoms with van der Waals surface area (Å²) in [6.07, 6.45) is 0.186. The summed E-state index contributed by atoms with van der Waals surface area (Å²) < 4.78 is 40.5. The molecule has 68 valence electrons. The van der Waals surface area contributed by atoms with Gasteiger partial charge >= 0.3 is 0 Å². The SMILES string of the molecule is CCC(CC)(S(=O)[O-])S(=O)[O-]. The first-order valence-electron chi connectivity index (χ1n) is 3.20. The molecular formula is C5H10O4S2-2. The van der Waals surface area contributed by atoms with Crippen molar-refractivity contribution in [2.45, 2.75) is 30.8 Å². The van der Waals surface area contributed by atoms with Crippen molar-refractivity contribution >= 4 is 22.2 Å². The van der Waals surface area contributed by atoms with Crippen LogP contribution in [0.2, 0.25) is 0 Å². The third-order valence-electron chi connectivity index (χ3n) is 1.68. The molecule has 6 heteroatoms. The quantitative estimate of drug-likeness (QED) is 0.607. The van der Waals surface area contributed by atoms with E-state index < -0.39 is 26.2 Å². The molecule has 0 amide bonds. The smallest absolute Gasteiger partial charge is 0.0938 e. The van der Waals surface area contributed by atoms with Crippen LogP contribution < -0.4 is 0 Å². The maximum atomic E-state index is 10.5. The Bertz CT molecular complexity index is 159. The van der Waals surface area contributed by atoms with Gasteiger partial charge in [-0.3, -0.25) is 8.42 Å². The zero-order chi connectivity index (χ0) is 9.07. The molecule has 0 aliphatic heterocycles. The van der Waals surface area contributed by atoms with E-state index in [4.69, 9.17) is 0 Å². The van der Waals surface area contributed by atoms with E-state index in [0.29, 0.717) is 0 Å². The lowest BCUT2D eigenvalue weighted by atomic mass is 10.2. The highest BCUT2D eigenvalue weighted by Crippen LogP contribution is 2.24. The fourth-order valence-electron chi connectivity index (χ4n) is 0.777. The maximum absolute atomic E-state index is 10.5. The van der Waals surface area contributed by atoms with E-state index in [0.717, 1.165) is 0 Å². The molecule has 0 spiro atoms. The molecule has 0 saturated heterocycles. The number of hydrogen-bond acceptors (Lipinski definition) is 4. The van der Waals surface area contributed by atoms with Crippen LogP contribution in [-0.2, 0) is 22.2 Å². The number of hydrogen-bond donors (Lipinski definition) is 0. The van der Waals surface area contributed by atoms with E-state index in [-0.39, 0.29) is 12.8 Å². The summed E-state index contributed by atoms with van der Waals surface area (Å²) in [7, 11) is 0. The van der Waals surface area contributed by atoms with Gasteiger partial charge in [0.15, 0.2) is 0 Å². The Morgan fingerprint density at radius 2 is 1.36 bits per heavy atom. The summed E-state index contributed by atoms with van der Waals surface area (Å²) in [6.45, 7) is 3.07. The Morgan fingerprint density at radius 3 is 1.36 bits per heavy atom. The van der Waals surface area contributed by atoms with Crippen molar-refractivity contribution in [3.63, 3.8) is 0 Å². The molecule has 0 aliphatic carbocycles. The van der Waals surface area contributed by atoms with Crippen molar-refractivity contribution in [2.75, 3.05) is 0 Å². The lowest BCUT2D eigenvalue weighted by Crippen LogP contribution is -2.37. The zero-order valence-electron chi connectivity index (χ0n) is 6.36. The van der Waals surface area contributed by atoms with E-state index >= 15 is 0 Å². The van der Waals surface area contributed by atoms with Gasteiger partial charge in [0.1, 0.15) is 0 Å². The maximum Gasteiger partial charge on any atom is 0.0938 e. The lowest BCUT2D eigenvalue weighted by molar-refractivity contribution is 0.469. The van der Waals surface area contributed by atoms with Crippen LogP contribution >= 0.6 is 0 Å². The van der Waals surface area contributed by atoms with Crippen molar-refractivity contribution in [2.24, 2.45) is 0 Å². The van der Waals surface area contributed by atoms with Gasteiger partial charge in [-0.2, -0.15) is 0 Å². The monoisotopic (exact) mass is 198 g/mol. The third kappa shape index (κ3) is 2.08. The van der Waals surface area contributed by atoms with E-state index in [1.165, 1.54) is 13.8 Å². The molecule has 2 atom stereocenters. The van der Waals surface area contributed by atoms with Crippen LogP contribution in [0.25, 0.3) is 0 Å². The Hall–Kier alpha value is 0.220. The molecule has 0 saturated carbocycles. The predicted octanol–water partition coefficient (Wildman–Crippen LogP) is 0.261. The topological polar surface area (TPSA) is 80.3 Å². The summed E-state index contributed by atoms with van der Waals surface area (Å²) in [5.41, 5.74) is 0. The fraction of sp³-hybridized carbons (Fsp3) is 1.00. The minimum atomic E-state index is -2.55. The van der Waals surface area contributed by atoms with Crippen molar-refractivity contribution in [3.05, 3.63) is 0 Å². The van der Waals surface area contributed by atoms with Crippen molar-refractivity contribution in [1.82, 2.24) is 0 Å². The van der Waals surface area contributed by atoms with Crippen LogP contribution in [0.5, 0.6) is 0 Å². The Labute approximate surface area is 71.0 Å². The molecule has 0 rings (SSSR count). The van der Waals surface area contributed by atoms with Gasteiger partial charge in [-0.05, 0) is 35.0 Å². The van der Waals surface area contributed by atoms with Crippen molar-refractivity contribution in [3.8, 4) is 0 Å². The first-order chi connectivity index (χ1) is 5.01. The molecule has 0 aliphatic rings. The molecule has 0 bridgehead atoms. The summed E-state index contributed by atoms with van der Waals surface area (Å²) in [5.74, 6) is 0. The first kappa shape index (κ1) is 11.2. The van der Waals surface area contributed by atoms with Crippen molar-refractivity contribution < 1.29 is 17.5 Å². The Morgan fingerprint density at radius 1 is 1.09 bits per heavy atom. The van der Waals surface area contributed by atoms with Gasteiger partial charge in [0.2, 0.25) is 0 Å². The summed E-state index contributed by atoms with van der Waals surface area (Å²) in [5, 5.41) is 0. The van der Waals surface area contributed by atoms with Crippen LogP contribution in [0.15, 0.2) is 0 Å². The van der Waals surface area contributed by atoms with Gasteiger partial charge < -0.3 is 9.11 Å². The van der Waals surface area contributed by atoms with E-state index in [1.54, 1.807) is 0 Å². The molecule has 0 N–H and O–H groups in total. The highest BCUT2D eigenvalue weighted by Gasteiger charge is 2.28. The second-order valence-electron chi connectivity index (χ2n) is 2.09. The first-order valence-corrected chi connectivity index (χ1v) is 5.35. The largest absolute Gasteiger partial charge is 0.771 e. The highest BCUT2D eigenvalue weighted by atomic mass is 32.3. The standard InChI is InChI=1S/C5H12O4S2/c1-3-5(4-2,10(6)7)11(8)9/h3-4H2,1-2H3,(H,6,7)(H,8,9)/p-2. The van der Waals surface area contributed by atoms with Crippen LogP contribution in [0.4, 0.5) is 0 Å². The van der Waals surface area contributed by atoms with Gasteiger partial charge in [-0.15, -0.1) is 0 Å². The van der Waals surface area contributed by atoms with Crippen LogP contribution in [0.3, 0.4) is 0 Å². The van der Waals surface area contributed by atoms with Crippen LogP contribution in [0.1, 0.15) is 26.7 Å². The normalized spacial score (nSPS) is 17.8. The van der Waals surface area contributed by atoms with Crippen LogP contribution in [-0.4, -0.2) is 21.6 Å². The predicted molar refractivity (Wildman–Crippen MR) is 41.2 cm³/mol. The van der Waals surface area contributed by atoms with Crippen molar-refractivity contribution in [1.29, 1.82) is 0 Å². The van der Waals surface area contributed by atoms with Gasteiger partial charge in [0.05, 0.1) is 4.08 Å². The highest BCUT2D eigenvalue weighted by molar-refractivity contribution is 7.99. The second-order valence-corrected chi connectivity index (χ2v) is 4.85. The van der Waals surface area contributed by atoms with Gasteiger partial charge in [0.25, 0.3) is 0 Å². The molecule has 0 heterocycles. The molecule has 2 unspecified atom stereocenters. The second kappa shape index (κ2) is 4.30. The zero-order valence-corrected chi connectivity index (χ0v) is 8.00. The molecular weight excluding hydrogens is 188 g/mol. The number of rotatable bonds is 4. The van der Waals surface area contributed by atoms with E-state index in [1.807, 2.05) is 0 Å². The summed E-state index contributed by atoms with van der Waals surface area (Å²) >= 11 is -5.11. The van der Waals surface area contributed by atoms with Crippen LogP contribution in [0, 0.1) is 0 Å². The molecule has 0 aromatic heterocycles.